The van der Waals surface area contributed by atoms with Crippen LogP contribution in [0.5, 0.6) is 57.5 Å². The normalized spacial score (nSPS) is 13.4. The summed E-state index contributed by atoms with van der Waals surface area (Å²) in [6, 6.07) is 34.8. The highest BCUT2D eigenvalue weighted by molar-refractivity contribution is 8.00. The van der Waals surface area contributed by atoms with Gasteiger partial charge in [-0.1, -0.05) is 250 Å². The first kappa shape index (κ1) is 109. The highest BCUT2D eigenvalue weighted by atomic mass is 32.2. The number of aromatic amines is 2. The van der Waals surface area contributed by atoms with E-state index in [1.54, 1.807) is 35.3 Å². The molecule has 17 rings (SSSR count). The molecule has 6 aliphatic heterocycles. The van der Waals surface area contributed by atoms with Crippen molar-refractivity contribution in [1.29, 1.82) is 0 Å². The predicted molar refractivity (Wildman–Crippen MR) is 613 cm³/mol. The zero-order chi connectivity index (χ0) is 104. The van der Waals surface area contributed by atoms with Crippen LogP contribution in [0.15, 0.2) is 126 Å². The summed E-state index contributed by atoms with van der Waals surface area (Å²) in [6.07, 6.45) is 5.87. The van der Waals surface area contributed by atoms with Gasteiger partial charge in [0.1, 0.15) is 62.6 Å². The quantitative estimate of drug-likeness (QED) is 0.0362. The van der Waals surface area contributed by atoms with Gasteiger partial charge in [0.2, 0.25) is 0 Å². The van der Waals surface area contributed by atoms with Crippen LogP contribution in [0.1, 0.15) is 218 Å². The zero-order valence-corrected chi connectivity index (χ0v) is 95.1. The molecule has 0 spiro atoms. The Hall–Kier alpha value is -10.6. The van der Waals surface area contributed by atoms with E-state index in [1.807, 2.05) is 0 Å². The average Bonchev–Trinajstić information content (AvgIpc) is 1.52. The van der Waals surface area contributed by atoms with Crippen LogP contribution in [0.25, 0.3) is 89.7 Å². The molecular weight excluding hydrogens is 1910 g/mol. The number of hydrogen-bond acceptors (Lipinski definition) is 26. The summed E-state index contributed by atoms with van der Waals surface area (Å²) in [5.41, 5.74) is 11.4. The maximum atomic E-state index is 7.96. The number of fused-ring (bicyclic) bond motifs is 28. The maximum absolute atomic E-state index is 7.96. The molecule has 794 valence electrons. The van der Waals surface area contributed by atoms with E-state index in [1.165, 1.54) is 0 Å². The molecular formula is C120H162N16O9S3. The number of rotatable bonds is 52. The predicted octanol–water partition coefficient (Wildman–Crippen LogP) is 29.7. The Bertz CT molecular complexity index is 6270. The Labute approximate surface area is 892 Å². The van der Waals surface area contributed by atoms with Gasteiger partial charge in [-0.3, -0.25) is 0 Å². The lowest BCUT2D eigenvalue weighted by atomic mass is 10.00. The monoisotopic (exact) mass is 2070 g/mol. The standard InChI is InChI=1S/C120H162N16O9S3/c1-25-129(26-2)57-61-133-81-41-33-37-45-85(81)145-109-97(133)101(137-65-49-73(9)10)89-93(105(109)141-69-53-77(17)18)117-121-113(89)123-118-95-91(103(139-67-51-75(13)14)99-111(107(95)143-71-55-79(21)22)147-87-47-39-35-43-83(87)135(99)63-59-131(29-5)30-6)115(125-118)127-120-96-92(104(140-68-52-76(15)16)100-112(108(96)144-72-56-80(23)24)148-88-48-40-36-44-84(88)136(100)64-60-132(31-7)32-8)116(128-120)126-119-94-90(114(122-117)124-119)102(138-66-50-74(11)12)98-110(106(94)142-70-54-78(19)20)146-86-46-38-34-42-82(86)134(98)62-58-130(27-3)28-4/h33-48,73-80H,25-32,49-72H2,1-24H3,(H2,121,122,123,124,125,126,127,128). The Morgan fingerprint density at radius 2 is 0.507 bits per heavy atom. The van der Waals surface area contributed by atoms with Gasteiger partial charge in [-0.25, -0.2) is 29.9 Å². The van der Waals surface area contributed by atoms with E-state index in [9.17, 15) is 0 Å². The third-order valence-electron chi connectivity index (χ3n) is 29.2. The fourth-order valence-electron chi connectivity index (χ4n) is 20.1. The average molecular weight is 2070 g/mol. The van der Waals surface area contributed by atoms with Crippen molar-refractivity contribution in [3.8, 4) is 103 Å². The number of ether oxygens (including phenoxy) is 9. The summed E-state index contributed by atoms with van der Waals surface area (Å²) in [5.74, 6) is 9.15. The highest BCUT2D eigenvalue weighted by Crippen LogP contribution is 2.68. The van der Waals surface area contributed by atoms with Gasteiger partial charge in [0.05, 0.1) is 134 Å². The Kier molecular flexibility index (Phi) is 36.1. The lowest BCUT2D eigenvalue weighted by Gasteiger charge is -2.37. The summed E-state index contributed by atoms with van der Waals surface area (Å²) in [7, 11) is 0. The maximum Gasteiger partial charge on any atom is 0.197 e. The second-order valence-corrected chi connectivity index (χ2v) is 46.4. The number of benzene rings is 8. The molecule has 3 aromatic heterocycles. The summed E-state index contributed by atoms with van der Waals surface area (Å²) >= 11 is 5.14. The number of nitrogens with zero attached hydrogens (tertiary/aromatic N) is 14. The first-order valence-corrected chi connectivity index (χ1v) is 58.0. The van der Waals surface area contributed by atoms with Crippen molar-refractivity contribution in [3.05, 3.63) is 97.1 Å². The van der Waals surface area contributed by atoms with E-state index in [-0.39, 0.29) is 53.2 Å². The van der Waals surface area contributed by atoms with E-state index >= 15 is 0 Å². The number of likely N-dealkylation sites (N-methyl/N-ethyl adjacent to an activating group) is 4. The Morgan fingerprint density at radius 1 is 0.270 bits per heavy atom. The molecule has 0 saturated heterocycles. The molecule has 8 aromatic carbocycles. The molecule has 0 aliphatic carbocycles. The minimum absolute atomic E-state index is 0.242. The molecule has 6 aliphatic rings. The third kappa shape index (κ3) is 23.1. The van der Waals surface area contributed by atoms with E-state index in [0.29, 0.717) is 245 Å². The lowest BCUT2D eigenvalue weighted by molar-refractivity contribution is 0.272. The number of anilines is 8. The lowest BCUT2D eigenvalue weighted by Crippen LogP contribution is -2.34. The van der Waals surface area contributed by atoms with Crippen LogP contribution in [0.3, 0.4) is 0 Å². The van der Waals surface area contributed by atoms with Crippen molar-refractivity contribution in [1.82, 2.24) is 59.5 Å². The van der Waals surface area contributed by atoms with Crippen LogP contribution in [0.4, 0.5) is 45.5 Å². The van der Waals surface area contributed by atoms with E-state index in [2.05, 4.69) is 312 Å². The molecule has 25 nitrogen and oxygen atoms in total. The molecule has 28 heteroatoms. The molecule has 0 atom stereocenters. The van der Waals surface area contributed by atoms with Gasteiger partial charge in [-0.15, -0.1) is 0 Å². The van der Waals surface area contributed by atoms with Gasteiger partial charge in [-0.05, 0) is 200 Å². The number of para-hydroxylation sites is 5. The summed E-state index contributed by atoms with van der Waals surface area (Å²) in [6.45, 7) is 69.2. The molecule has 11 aromatic rings. The second kappa shape index (κ2) is 49.2. The largest absolute Gasteiger partial charge is 0.492 e. The summed E-state index contributed by atoms with van der Waals surface area (Å²) < 4.78 is 71.0. The SMILES string of the molecule is CCN(CC)CCN1c2ccccc2Oc2c(OCCC(C)C)c3c(c(OCCC(C)C)c21)-c1nc-3nc2[nH]c(nc3nc(nc4[nH]c(n1)c1c(OCCC(C)C)c5c(c(OCCC(C)C)c41)N(CCN(CC)CC)c1ccccc1S5)-c1c(OCCC(C)C)c4c(c(OCCC(C)C)c1-3)N(CCN(CC)CC)c1ccccc1S4)c1c(OCCC(C)C)c3c(c(OCCC(C)C)c21)N(CCN(CC)CC)c1ccccc1S3. The van der Waals surface area contributed by atoms with E-state index in [0.717, 1.165) is 180 Å². The summed E-state index contributed by atoms with van der Waals surface area (Å²) in [5, 5.41) is 2.57. The van der Waals surface area contributed by atoms with Gasteiger partial charge in [0, 0.05) is 67.0 Å². The van der Waals surface area contributed by atoms with Crippen LogP contribution in [0, 0.1) is 47.3 Å². The number of hydrogen-bond donors (Lipinski definition) is 2. The van der Waals surface area contributed by atoms with Gasteiger partial charge in [0.25, 0.3) is 0 Å². The minimum Gasteiger partial charge on any atom is -0.492 e. The van der Waals surface area contributed by atoms with Crippen molar-refractivity contribution < 1.29 is 42.6 Å². The van der Waals surface area contributed by atoms with Crippen LogP contribution in [0.2, 0.25) is 0 Å². The molecule has 2 N–H and O–H groups in total. The Morgan fingerprint density at radius 3 is 0.824 bits per heavy atom. The molecule has 148 heavy (non-hydrogen) atoms. The van der Waals surface area contributed by atoms with Crippen LogP contribution in [-0.2, 0) is 0 Å². The second-order valence-electron chi connectivity index (χ2n) is 43.2. The van der Waals surface area contributed by atoms with Gasteiger partial charge in [0.15, 0.2) is 63.5 Å². The third-order valence-corrected chi connectivity index (χ3v) is 32.6. The van der Waals surface area contributed by atoms with Crippen molar-refractivity contribution >= 4 is 125 Å². The first-order chi connectivity index (χ1) is 71.7. The molecule has 9 heterocycles. The van der Waals surface area contributed by atoms with Gasteiger partial charge in [-0.2, -0.15) is 0 Å². The number of aromatic nitrogens is 8. The van der Waals surface area contributed by atoms with Crippen LogP contribution in [-0.4, -0.2) is 217 Å². The molecule has 0 amide bonds. The highest BCUT2D eigenvalue weighted by Gasteiger charge is 2.46. The van der Waals surface area contributed by atoms with E-state index in [4.69, 9.17) is 72.5 Å². The molecule has 0 saturated carbocycles. The van der Waals surface area contributed by atoms with Crippen molar-refractivity contribution in [3.63, 3.8) is 0 Å². The van der Waals surface area contributed by atoms with Crippen molar-refractivity contribution in [2.75, 3.05) is 177 Å². The van der Waals surface area contributed by atoms with Gasteiger partial charge >= 0.3 is 0 Å². The molecule has 8 bridgehead atoms. The van der Waals surface area contributed by atoms with Gasteiger partial charge < -0.3 is 91.8 Å². The molecule has 0 unspecified atom stereocenters. The number of H-pyrrole nitrogens is 2. The fraction of sp³-hybridized carbons (Fsp3) is 0.533. The first-order valence-electron chi connectivity index (χ1n) is 55.6. The Balaban J connectivity index is 1.17. The zero-order valence-electron chi connectivity index (χ0n) is 92.6. The van der Waals surface area contributed by atoms with Crippen molar-refractivity contribution in [2.45, 2.75) is 247 Å². The molecule has 0 radical (unpaired) electrons. The van der Waals surface area contributed by atoms with E-state index < -0.39 is 0 Å². The van der Waals surface area contributed by atoms with Crippen molar-refractivity contribution in [2.24, 2.45) is 47.3 Å². The minimum atomic E-state index is 0.242. The number of nitrogens with one attached hydrogen (secondary N) is 2. The van der Waals surface area contributed by atoms with Crippen LogP contribution >= 0.6 is 35.3 Å². The topological polar surface area (TPSA) is 218 Å². The smallest absolute Gasteiger partial charge is 0.197 e. The summed E-state index contributed by atoms with van der Waals surface area (Å²) in [4.78, 5) is 72.2. The fourth-order valence-corrected chi connectivity index (χ4v) is 23.7. The molecule has 0 fully saturated rings. The van der Waals surface area contributed by atoms with Crippen LogP contribution < -0.4 is 62.2 Å².